The fourth-order valence-corrected chi connectivity index (χ4v) is 1.82. The number of amides is 1. The van der Waals surface area contributed by atoms with Crippen LogP contribution in [0.4, 0.5) is 8.78 Å². The minimum Gasteiger partial charge on any atom is -0.348 e. The molecule has 5 heteroatoms. The van der Waals surface area contributed by atoms with Crippen molar-refractivity contribution in [3.05, 3.63) is 69.7 Å². The van der Waals surface area contributed by atoms with Crippen molar-refractivity contribution in [2.24, 2.45) is 0 Å². The molecule has 0 radical (unpaired) electrons. The van der Waals surface area contributed by atoms with Crippen LogP contribution in [0.3, 0.4) is 0 Å². The third-order valence-corrected chi connectivity index (χ3v) is 3.08. The molecule has 0 spiro atoms. The maximum Gasteiger partial charge on any atom is 0.251 e. The number of rotatable bonds is 3. The van der Waals surface area contributed by atoms with Gasteiger partial charge in [0, 0.05) is 22.1 Å². The molecule has 0 aliphatic heterocycles. The molecule has 0 atom stereocenters. The van der Waals surface area contributed by atoms with Gasteiger partial charge >= 0.3 is 0 Å². The second-order valence-electron chi connectivity index (χ2n) is 3.93. The van der Waals surface area contributed by atoms with Crippen molar-refractivity contribution in [1.82, 2.24) is 5.32 Å². The molecule has 0 bridgehead atoms. The minimum absolute atomic E-state index is 0.0571. The molecular weight excluding hydrogens is 316 g/mol. The Morgan fingerprint density at radius 3 is 2.47 bits per heavy atom. The Bertz CT molecular complexity index is 599. The molecule has 0 fully saturated rings. The Labute approximate surface area is 117 Å². The SMILES string of the molecule is O=C(NCc1cc(F)ccc1F)c1ccc(Br)cc1. The summed E-state index contributed by atoms with van der Waals surface area (Å²) in [4.78, 5) is 11.8. The summed E-state index contributed by atoms with van der Waals surface area (Å²) in [5.74, 6) is -1.41. The van der Waals surface area contributed by atoms with Gasteiger partial charge in [-0.1, -0.05) is 15.9 Å². The van der Waals surface area contributed by atoms with Gasteiger partial charge in [0.1, 0.15) is 11.6 Å². The highest BCUT2D eigenvalue weighted by Gasteiger charge is 2.08. The van der Waals surface area contributed by atoms with Crippen LogP contribution in [-0.2, 0) is 6.54 Å². The zero-order valence-electron chi connectivity index (χ0n) is 9.79. The second-order valence-corrected chi connectivity index (χ2v) is 4.84. The number of carbonyl (C=O) groups excluding carboxylic acids is 1. The normalized spacial score (nSPS) is 10.3. The fraction of sp³-hybridized carbons (Fsp3) is 0.0714. The van der Waals surface area contributed by atoms with E-state index in [0.717, 1.165) is 22.7 Å². The van der Waals surface area contributed by atoms with Crippen LogP contribution in [0, 0.1) is 11.6 Å². The zero-order valence-corrected chi connectivity index (χ0v) is 11.4. The lowest BCUT2D eigenvalue weighted by molar-refractivity contribution is 0.0950. The van der Waals surface area contributed by atoms with E-state index in [-0.39, 0.29) is 18.0 Å². The molecule has 0 unspecified atom stereocenters. The first-order valence-corrected chi connectivity index (χ1v) is 6.33. The summed E-state index contributed by atoms with van der Waals surface area (Å²) in [5.41, 5.74) is 0.575. The summed E-state index contributed by atoms with van der Waals surface area (Å²) in [6.45, 7) is -0.0571. The van der Waals surface area contributed by atoms with Gasteiger partial charge in [0.15, 0.2) is 0 Å². The van der Waals surface area contributed by atoms with Crippen LogP contribution in [0.25, 0.3) is 0 Å². The molecule has 0 aromatic heterocycles. The quantitative estimate of drug-likeness (QED) is 0.916. The number of hydrogen-bond acceptors (Lipinski definition) is 1. The summed E-state index contributed by atoms with van der Waals surface area (Å²) in [6.07, 6.45) is 0. The van der Waals surface area contributed by atoms with Crippen molar-refractivity contribution in [3.63, 3.8) is 0 Å². The number of carbonyl (C=O) groups is 1. The molecule has 2 rings (SSSR count). The molecule has 1 amide bonds. The smallest absolute Gasteiger partial charge is 0.251 e. The predicted octanol–water partition coefficient (Wildman–Crippen LogP) is 3.66. The van der Waals surface area contributed by atoms with Gasteiger partial charge in [0.25, 0.3) is 5.91 Å². The second kappa shape index (κ2) is 5.93. The summed E-state index contributed by atoms with van der Waals surface area (Å²) in [5, 5.41) is 2.54. The Balaban J connectivity index is 2.04. The number of benzene rings is 2. The Morgan fingerprint density at radius 1 is 1.11 bits per heavy atom. The largest absolute Gasteiger partial charge is 0.348 e. The van der Waals surface area contributed by atoms with Crippen LogP contribution < -0.4 is 5.32 Å². The van der Waals surface area contributed by atoms with Gasteiger partial charge in [0.05, 0.1) is 0 Å². The third kappa shape index (κ3) is 3.61. The Kier molecular flexibility index (Phi) is 4.27. The molecule has 2 aromatic carbocycles. The van der Waals surface area contributed by atoms with Crippen LogP contribution in [-0.4, -0.2) is 5.91 Å². The summed E-state index contributed by atoms with van der Waals surface area (Å²) in [6, 6.07) is 9.89. The van der Waals surface area contributed by atoms with Crippen LogP contribution in [0.1, 0.15) is 15.9 Å². The van der Waals surface area contributed by atoms with E-state index in [9.17, 15) is 13.6 Å². The van der Waals surface area contributed by atoms with Gasteiger partial charge in [-0.2, -0.15) is 0 Å². The molecule has 1 N–H and O–H groups in total. The van der Waals surface area contributed by atoms with Gasteiger partial charge < -0.3 is 5.32 Å². The molecule has 0 saturated carbocycles. The molecule has 0 aliphatic carbocycles. The summed E-state index contributed by atoms with van der Waals surface area (Å²) < 4.78 is 27.2. The maximum atomic E-state index is 13.4. The van der Waals surface area contributed by atoms with Crippen LogP contribution >= 0.6 is 15.9 Å². The third-order valence-electron chi connectivity index (χ3n) is 2.55. The number of nitrogens with one attached hydrogen (secondary N) is 1. The van der Waals surface area contributed by atoms with E-state index in [4.69, 9.17) is 0 Å². The molecule has 98 valence electrons. The van der Waals surface area contributed by atoms with Crippen molar-refractivity contribution in [2.75, 3.05) is 0 Å². The van der Waals surface area contributed by atoms with E-state index in [1.54, 1.807) is 24.3 Å². The lowest BCUT2D eigenvalue weighted by Gasteiger charge is -2.06. The standard InChI is InChI=1S/C14H10BrF2NO/c15-11-3-1-9(2-4-11)14(19)18-8-10-7-12(16)5-6-13(10)17/h1-7H,8H2,(H,18,19). The number of hydrogen-bond donors (Lipinski definition) is 1. The van der Waals surface area contributed by atoms with Crippen molar-refractivity contribution in [1.29, 1.82) is 0 Å². The van der Waals surface area contributed by atoms with E-state index >= 15 is 0 Å². The molecule has 0 saturated heterocycles. The van der Waals surface area contributed by atoms with E-state index in [1.165, 1.54) is 0 Å². The average molecular weight is 326 g/mol. The first-order valence-electron chi connectivity index (χ1n) is 5.54. The van der Waals surface area contributed by atoms with Crippen molar-refractivity contribution >= 4 is 21.8 Å². The first-order chi connectivity index (χ1) is 9.06. The van der Waals surface area contributed by atoms with Gasteiger partial charge in [0.2, 0.25) is 0 Å². The highest BCUT2D eigenvalue weighted by molar-refractivity contribution is 9.10. The predicted molar refractivity (Wildman–Crippen MR) is 71.7 cm³/mol. The van der Waals surface area contributed by atoms with Crippen LogP contribution in [0.15, 0.2) is 46.9 Å². The van der Waals surface area contributed by atoms with Crippen molar-refractivity contribution < 1.29 is 13.6 Å². The topological polar surface area (TPSA) is 29.1 Å². The van der Waals surface area contributed by atoms with Crippen molar-refractivity contribution in [2.45, 2.75) is 6.54 Å². The summed E-state index contributed by atoms with van der Waals surface area (Å²) >= 11 is 3.26. The molecule has 2 aromatic rings. The van der Waals surface area contributed by atoms with E-state index in [0.29, 0.717) is 5.56 Å². The monoisotopic (exact) mass is 325 g/mol. The average Bonchev–Trinajstić information content (AvgIpc) is 2.40. The van der Waals surface area contributed by atoms with Gasteiger partial charge in [-0.3, -0.25) is 4.79 Å². The maximum absolute atomic E-state index is 13.4. The van der Waals surface area contributed by atoms with Crippen molar-refractivity contribution in [3.8, 4) is 0 Å². The van der Waals surface area contributed by atoms with Gasteiger partial charge in [-0.15, -0.1) is 0 Å². The van der Waals surface area contributed by atoms with Gasteiger partial charge in [-0.05, 0) is 42.5 Å². The fourth-order valence-electron chi connectivity index (χ4n) is 1.56. The zero-order chi connectivity index (χ0) is 13.8. The van der Waals surface area contributed by atoms with Crippen LogP contribution in [0.5, 0.6) is 0 Å². The molecule has 0 aliphatic rings. The lowest BCUT2D eigenvalue weighted by atomic mass is 10.2. The highest BCUT2D eigenvalue weighted by atomic mass is 79.9. The lowest BCUT2D eigenvalue weighted by Crippen LogP contribution is -2.23. The molecule has 19 heavy (non-hydrogen) atoms. The highest BCUT2D eigenvalue weighted by Crippen LogP contribution is 2.12. The first kappa shape index (κ1) is 13.7. The Morgan fingerprint density at radius 2 is 1.79 bits per heavy atom. The van der Waals surface area contributed by atoms with E-state index < -0.39 is 11.6 Å². The van der Waals surface area contributed by atoms with Crippen LogP contribution in [0.2, 0.25) is 0 Å². The molecule has 2 nitrogen and oxygen atoms in total. The summed E-state index contributed by atoms with van der Waals surface area (Å²) in [7, 11) is 0. The Hall–Kier alpha value is -1.75. The molecule has 0 heterocycles. The van der Waals surface area contributed by atoms with E-state index in [1.807, 2.05) is 0 Å². The van der Waals surface area contributed by atoms with Gasteiger partial charge in [-0.25, -0.2) is 8.78 Å². The number of halogens is 3. The molecular formula is C14H10BrF2NO. The minimum atomic E-state index is -0.544. The van der Waals surface area contributed by atoms with E-state index in [2.05, 4.69) is 21.2 Å².